The number of ether oxygens (including phenoxy) is 1. The van der Waals surface area contributed by atoms with Crippen molar-refractivity contribution in [3.63, 3.8) is 0 Å². The second-order valence-electron chi connectivity index (χ2n) is 4.33. The van der Waals surface area contributed by atoms with Crippen molar-refractivity contribution in [2.24, 2.45) is 0 Å². The van der Waals surface area contributed by atoms with Crippen LogP contribution in [0.25, 0.3) is 0 Å². The summed E-state index contributed by atoms with van der Waals surface area (Å²) in [5.74, 6) is 0.582. The predicted octanol–water partition coefficient (Wildman–Crippen LogP) is 2.81. The Kier molecular flexibility index (Phi) is 2.37. The number of sulfone groups is 1. The minimum Gasteiger partial charge on any atom is -0.455 e. The second kappa shape index (κ2) is 3.84. The zero-order chi connectivity index (χ0) is 13.6. The molecule has 1 aliphatic rings. The van der Waals surface area contributed by atoms with Gasteiger partial charge in [-0.25, -0.2) is 8.42 Å². The molecule has 1 aliphatic heterocycles. The number of hydrogen-bond donors (Lipinski definition) is 0. The summed E-state index contributed by atoms with van der Waals surface area (Å²) in [5, 5.41) is 8.86. The molecule has 0 amide bonds. The van der Waals surface area contributed by atoms with Gasteiger partial charge in [0, 0.05) is 0 Å². The number of nitriles is 1. The molecule has 0 N–H and O–H groups in total. The fraction of sp³-hybridized carbons (Fsp3) is 0.0714. The summed E-state index contributed by atoms with van der Waals surface area (Å²) in [6.07, 6.45) is 0. The minimum absolute atomic E-state index is 0.0460. The first kappa shape index (κ1) is 11.8. The molecule has 0 radical (unpaired) electrons. The van der Waals surface area contributed by atoms with Crippen LogP contribution in [-0.2, 0) is 9.84 Å². The standard InChI is InChI=1S/C14H9NO3S/c1-9-2-4-11-13(6-9)19(16,17)14-7-10(8-15)3-5-12(14)18-11/h2-7H,1H3. The number of rotatable bonds is 0. The number of hydrogen-bond acceptors (Lipinski definition) is 4. The van der Waals surface area contributed by atoms with Crippen LogP contribution in [0, 0.1) is 18.3 Å². The van der Waals surface area contributed by atoms with E-state index in [9.17, 15) is 8.42 Å². The van der Waals surface area contributed by atoms with Crippen LogP contribution < -0.4 is 4.74 Å². The lowest BCUT2D eigenvalue weighted by Gasteiger charge is -2.20. The Morgan fingerprint density at radius 1 is 1.05 bits per heavy atom. The van der Waals surface area contributed by atoms with Gasteiger partial charge in [0.2, 0.25) is 9.84 Å². The topological polar surface area (TPSA) is 67.2 Å². The summed E-state index contributed by atoms with van der Waals surface area (Å²) < 4.78 is 30.6. The number of nitrogens with zero attached hydrogens (tertiary/aromatic N) is 1. The molecule has 0 spiro atoms. The molecule has 0 saturated heterocycles. The molecule has 4 nitrogen and oxygen atoms in total. The smallest absolute Gasteiger partial charge is 0.214 e. The van der Waals surface area contributed by atoms with E-state index in [1.807, 2.05) is 13.0 Å². The number of aryl methyl sites for hydroxylation is 1. The summed E-state index contributed by atoms with van der Waals surface area (Å²) in [6.45, 7) is 1.82. The van der Waals surface area contributed by atoms with Gasteiger partial charge in [0.25, 0.3) is 0 Å². The average molecular weight is 271 g/mol. The fourth-order valence-electron chi connectivity index (χ4n) is 2.02. The van der Waals surface area contributed by atoms with Gasteiger partial charge in [-0.2, -0.15) is 5.26 Å². The molecule has 0 aromatic heterocycles. The maximum atomic E-state index is 12.5. The van der Waals surface area contributed by atoms with Gasteiger partial charge in [0.1, 0.15) is 21.3 Å². The molecule has 0 unspecified atom stereocenters. The maximum Gasteiger partial charge on any atom is 0.214 e. The van der Waals surface area contributed by atoms with Crippen LogP contribution in [0.3, 0.4) is 0 Å². The van der Waals surface area contributed by atoms with Crippen LogP contribution in [0.1, 0.15) is 11.1 Å². The van der Waals surface area contributed by atoms with Crippen molar-refractivity contribution in [1.82, 2.24) is 0 Å². The van der Waals surface area contributed by atoms with Crippen LogP contribution in [0.2, 0.25) is 0 Å². The van der Waals surface area contributed by atoms with Gasteiger partial charge in [0.15, 0.2) is 0 Å². The van der Waals surface area contributed by atoms with Crippen molar-refractivity contribution in [3.8, 4) is 17.6 Å². The number of fused-ring (bicyclic) bond motifs is 2. The van der Waals surface area contributed by atoms with E-state index in [2.05, 4.69) is 0 Å². The van der Waals surface area contributed by atoms with E-state index in [-0.39, 0.29) is 15.5 Å². The Balaban J connectivity index is 2.33. The summed E-state index contributed by atoms with van der Waals surface area (Å²) in [5.41, 5.74) is 1.13. The summed E-state index contributed by atoms with van der Waals surface area (Å²) in [7, 11) is -3.63. The number of benzene rings is 2. The molecule has 2 aromatic carbocycles. The van der Waals surface area contributed by atoms with Crippen molar-refractivity contribution in [3.05, 3.63) is 47.5 Å². The van der Waals surface area contributed by atoms with E-state index < -0.39 is 9.84 Å². The average Bonchev–Trinajstić information content (AvgIpc) is 2.40. The third-order valence-electron chi connectivity index (χ3n) is 2.97. The summed E-state index contributed by atoms with van der Waals surface area (Å²) in [4.78, 5) is 0.194. The second-order valence-corrected chi connectivity index (χ2v) is 6.22. The Morgan fingerprint density at radius 3 is 2.37 bits per heavy atom. The van der Waals surface area contributed by atoms with Gasteiger partial charge in [-0.3, -0.25) is 0 Å². The molecular weight excluding hydrogens is 262 g/mol. The molecular formula is C14H9NO3S. The highest BCUT2D eigenvalue weighted by atomic mass is 32.2. The zero-order valence-electron chi connectivity index (χ0n) is 10.0. The van der Waals surface area contributed by atoms with Crippen LogP contribution in [0.15, 0.2) is 46.2 Å². The van der Waals surface area contributed by atoms with E-state index >= 15 is 0 Å². The van der Waals surface area contributed by atoms with E-state index in [1.165, 1.54) is 18.2 Å². The van der Waals surface area contributed by atoms with Crippen molar-refractivity contribution in [1.29, 1.82) is 5.26 Å². The van der Waals surface area contributed by atoms with Crippen LogP contribution >= 0.6 is 0 Å². The molecule has 3 rings (SSSR count). The first-order chi connectivity index (χ1) is 9.02. The van der Waals surface area contributed by atoms with Crippen molar-refractivity contribution < 1.29 is 13.2 Å². The maximum absolute atomic E-state index is 12.5. The Labute approximate surface area is 110 Å². The molecule has 0 atom stereocenters. The third kappa shape index (κ3) is 1.69. The zero-order valence-corrected chi connectivity index (χ0v) is 10.9. The molecule has 0 bridgehead atoms. The molecule has 0 saturated carbocycles. The molecule has 5 heteroatoms. The van der Waals surface area contributed by atoms with Gasteiger partial charge in [-0.05, 0) is 42.8 Å². The summed E-state index contributed by atoms with van der Waals surface area (Å²) in [6, 6.07) is 11.3. The van der Waals surface area contributed by atoms with Crippen LogP contribution in [-0.4, -0.2) is 8.42 Å². The van der Waals surface area contributed by atoms with Gasteiger partial charge in [0.05, 0.1) is 11.6 Å². The summed E-state index contributed by atoms with van der Waals surface area (Å²) >= 11 is 0. The molecule has 19 heavy (non-hydrogen) atoms. The molecule has 94 valence electrons. The van der Waals surface area contributed by atoms with Crippen molar-refractivity contribution in [2.75, 3.05) is 0 Å². The molecule has 2 aromatic rings. The normalized spacial score (nSPS) is 14.7. The lowest BCUT2D eigenvalue weighted by molar-refractivity contribution is 0.442. The predicted molar refractivity (Wildman–Crippen MR) is 67.9 cm³/mol. The first-order valence-electron chi connectivity index (χ1n) is 5.60. The molecule has 1 heterocycles. The van der Waals surface area contributed by atoms with E-state index in [0.717, 1.165) is 5.56 Å². The Hall–Kier alpha value is -2.32. The highest BCUT2D eigenvalue weighted by Crippen LogP contribution is 2.42. The minimum atomic E-state index is -3.63. The monoisotopic (exact) mass is 271 g/mol. The highest BCUT2D eigenvalue weighted by Gasteiger charge is 2.31. The SMILES string of the molecule is Cc1ccc2c(c1)S(=O)(=O)c1cc(C#N)ccc1O2. The first-order valence-corrected chi connectivity index (χ1v) is 7.08. The quantitative estimate of drug-likeness (QED) is 0.630. The fourth-order valence-corrected chi connectivity index (χ4v) is 3.63. The van der Waals surface area contributed by atoms with Gasteiger partial charge < -0.3 is 4.74 Å². The van der Waals surface area contributed by atoms with Gasteiger partial charge >= 0.3 is 0 Å². The molecule has 0 aliphatic carbocycles. The Morgan fingerprint density at radius 2 is 1.68 bits per heavy atom. The van der Waals surface area contributed by atoms with Crippen LogP contribution in [0.4, 0.5) is 0 Å². The molecule has 0 fully saturated rings. The lowest BCUT2D eigenvalue weighted by Crippen LogP contribution is -2.11. The van der Waals surface area contributed by atoms with E-state index in [0.29, 0.717) is 11.3 Å². The third-order valence-corrected chi connectivity index (χ3v) is 4.77. The van der Waals surface area contributed by atoms with E-state index in [1.54, 1.807) is 18.2 Å². The van der Waals surface area contributed by atoms with E-state index in [4.69, 9.17) is 10.00 Å². The largest absolute Gasteiger partial charge is 0.455 e. The van der Waals surface area contributed by atoms with Crippen molar-refractivity contribution >= 4 is 9.84 Å². The van der Waals surface area contributed by atoms with Crippen molar-refractivity contribution in [2.45, 2.75) is 16.7 Å². The van der Waals surface area contributed by atoms with Gasteiger partial charge in [-0.15, -0.1) is 0 Å². The van der Waals surface area contributed by atoms with Crippen LogP contribution in [0.5, 0.6) is 11.5 Å². The highest BCUT2D eigenvalue weighted by molar-refractivity contribution is 7.91. The van der Waals surface area contributed by atoms with Gasteiger partial charge in [-0.1, -0.05) is 6.07 Å². The Bertz CT molecular complexity index is 832. The lowest BCUT2D eigenvalue weighted by atomic mass is 10.2.